The molecule has 0 aliphatic heterocycles. The third kappa shape index (κ3) is 2.12. The predicted octanol–water partition coefficient (Wildman–Crippen LogP) is 3.94. The Labute approximate surface area is 127 Å². The van der Waals surface area contributed by atoms with Gasteiger partial charge in [0, 0.05) is 16.6 Å². The van der Waals surface area contributed by atoms with E-state index < -0.39 is 0 Å². The van der Waals surface area contributed by atoms with Crippen LogP contribution < -0.4 is 5.73 Å². The van der Waals surface area contributed by atoms with E-state index in [0.29, 0.717) is 5.82 Å². The van der Waals surface area contributed by atoms with Crippen molar-refractivity contribution in [2.45, 2.75) is 19.3 Å². The maximum absolute atomic E-state index is 5.99. The molecule has 4 rings (SSSR count). The fraction of sp³-hybridized carbons (Fsp3) is 0.176. The molecule has 21 heavy (non-hydrogen) atoms. The van der Waals surface area contributed by atoms with Crippen LogP contribution in [0.15, 0.2) is 42.6 Å². The van der Waals surface area contributed by atoms with Crippen LogP contribution in [-0.4, -0.2) is 9.97 Å². The minimum absolute atomic E-state index is 0.551. The van der Waals surface area contributed by atoms with Gasteiger partial charge in [0.25, 0.3) is 0 Å². The smallest absolute Gasteiger partial charge is 0.133 e. The lowest BCUT2D eigenvalue weighted by molar-refractivity contribution is 0.843. The van der Waals surface area contributed by atoms with Gasteiger partial charge < -0.3 is 5.73 Å². The van der Waals surface area contributed by atoms with Gasteiger partial charge in [-0.15, -0.1) is 11.3 Å². The summed E-state index contributed by atoms with van der Waals surface area (Å²) in [4.78, 5) is 10.4. The number of anilines is 1. The molecule has 0 unspecified atom stereocenters. The second-order valence-electron chi connectivity index (χ2n) is 5.24. The molecular weight excluding hydrogens is 278 g/mol. The van der Waals surface area contributed by atoms with Gasteiger partial charge in [-0.1, -0.05) is 24.3 Å². The number of aryl methyl sites for hydroxylation is 2. The fourth-order valence-electron chi connectivity index (χ4n) is 2.85. The van der Waals surface area contributed by atoms with Crippen LogP contribution >= 0.6 is 11.3 Å². The molecule has 1 aliphatic rings. The van der Waals surface area contributed by atoms with Crippen molar-refractivity contribution in [3.8, 4) is 21.8 Å². The molecule has 104 valence electrons. The second kappa shape index (κ2) is 4.97. The summed E-state index contributed by atoms with van der Waals surface area (Å²) in [5.41, 5.74) is 10.7. The molecule has 2 N–H and O–H groups in total. The van der Waals surface area contributed by atoms with E-state index in [9.17, 15) is 0 Å². The Bertz CT molecular complexity index is 807. The van der Waals surface area contributed by atoms with Crippen LogP contribution in [0.3, 0.4) is 0 Å². The van der Waals surface area contributed by atoms with E-state index in [2.05, 4.69) is 29.2 Å². The zero-order valence-electron chi connectivity index (χ0n) is 11.5. The molecule has 0 amide bonds. The van der Waals surface area contributed by atoms with Crippen LogP contribution in [-0.2, 0) is 12.8 Å². The lowest BCUT2D eigenvalue weighted by Crippen LogP contribution is -1.93. The third-order valence-corrected chi connectivity index (χ3v) is 5.04. The molecule has 2 heterocycles. The number of hydrogen-bond acceptors (Lipinski definition) is 4. The van der Waals surface area contributed by atoms with Gasteiger partial charge in [0.1, 0.15) is 10.8 Å². The van der Waals surface area contributed by atoms with Crippen molar-refractivity contribution in [2.75, 3.05) is 5.73 Å². The van der Waals surface area contributed by atoms with Crippen LogP contribution in [0.5, 0.6) is 0 Å². The molecule has 2 aromatic heterocycles. The lowest BCUT2D eigenvalue weighted by Gasteiger charge is -2.04. The second-order valence-corrected chi connectivity index (χ2v) is 6.32. The number of pyridine rings is 1. The van der Waals surface area contributed by atoms with Gasteiger partial charge in [-0.2, -0.15) is 0 Å². The van der Waals surface area contributed by atoms with E-state index in [4.69, 9.17) is 10.7 Å². The molecule has 0 saturated heterocycles. The monoisotopic (exact) mass is 293 g/mol. The van der Waals surface area contributed by atoms with Crippen LogP contribution in [0.25, 0.3) is 21.8 Å². The van der Waals surface area contributed by atoms with Crippen molar-refractivity contribution in [2.24, 2.45) is 0 Å². The van der Waals surface area contributed by atoms with E-state index in [1.807, 2.05) is 12.1 Å². The number of nitrogens with zero attached hydrogens (tertiary/aromatic N) is 2. The summed E-state index contributed by atoms with van der Waals surface area (Å²) in [5, 5.41) is 0.974. The van der Waals surface area contributed by atoms with Crippen LogP contribution in [0.4, 0.5) is 5.82 Å². The summed E-state index contributed by atoms with van der Waals surface area (Å²) in [6.45, 7) is 0. The SMILES string of the molecule is Nc1ncccc1-c1nc2c(s1)CCCc1ccccc1-2. The number of fused-ring (bicyclic) bond motifs is 3. The Kier molecular flexibility index (Phi) is 2.97. The average molecular weight is 293 g/mol. The number of hydrogen-bond donors (Lipinski definition) is 1. The maximum Gasteiger partial charge on any atom is 0.133 e. The molecule has 4 heteroatoms. The molecule has 0 spiro atoms. The highest BCUT2D eigenvalue weighted by atomic mass is 32.1. The molecule has 1 aromatic carbocycles. The molecule has 3 aromatic rings. The topological polar surface area (TPSA) is 51.8 Å². The molecule has 0 bridgehead atoms. The number of rotatable bonds is 1. The minimum Gasteiger partial charge on any atom is -0.383 e. The van der Waals surface area contributed by atoms with Gasteiger partial charge >= 0.3 is 0 Å². The predicted molar refractivity (Wildman–Crippen MR) is 87.2 cm³/mol. The minimum atomic E-state index is 0.551. The van der Waals surface area contributed by atoms with Crippen molar-refractivity contribution in [1.82, 2.24) is 9.97 Å². The number of thiazole rings is 1. The summed E-state index contributed by atoms with van der Waals surface area (Å²) < 4.78 is 0. The standard InChI is InChI=1S/C17H15N3S/c18-16-13(8-4-10-19-16)17-20-15-12-7-2-1-5-11(12)6-3-9-14(15)21-17/h1-2,4-5,7-8,10H,3,6,9H2,(H2,18,19). The van der Waals surface area contributed by atoms with Crippen molar-refractivity contribution in [3.63, 3.8) is 0 Å². The number of nitrogens with two attached hydrogens (primary N) is 1. The van der Waals surface area contributed by atoms with Crippen LogP contribution in [0.2, 0.25) is 0 Å². The first-order valence-electron chi connectivity index (χ1n) is 7.12. The first kappa shape index (κ1) is 12.5. The van der Waals surface area contributed by atoms with Gasteiger partial charge in [0.05, 0.1) is 11.3 Å². The van der Waals surface area contributed by atoms with E-state index in [-0.39, 0.29) is 0 Å². The highest BCUT2D eigenvalue weighted by Crippen LogP contribution is 2.39. The summed E-state index contributed by atoms with van der Waals surface area (Å²) in [5.74, 6) is 0.551. The van der Waals surface area contributed by atoms with Crippen molar-refractivity contribution in [1.29, 1.82) is 0 Å². The first-order chi connectivity index (χ1) is 10.3. The molecule has 3 nitrogen and oxygen atoms in total. The Morgan fingerprint density at radius 2 is 1.86 bits per heavy atom. The van der Waals surface area contributed by atoms with E-state index in [1.165, 1.54) is 22.4 Å². The molecular formula is C17H15N3S. The fourth-order valence-corrected chi connectivity index (χ4v) is 4.01. The highest BCUT2D eigenvalue weighted by Gasteiger charge is 2.20. The van der Waals surface area contributed by atoms with Crippen molar-refractivity contribution >= 4 is 17.2 Å². The molecule has 0 atom stereocenters. The van der Waals surface area contributed by atoms with Gasteiger partial charge in [-0.3, -0.25) is 0 Å². The van der Waals surface area contributed by atoms with Crippen molar-refractivity contribution in [3.05, 3.63) is 53.0 Å². The summed E-state index contributed by atoms with van der Waals surface area (Å²) in [6.07, 6.45) is 5.10. The van der Waals surface area contributed by atoms with Gasteiger partial charge in [-0.05, 0) is 37.0 Å². The van der Waals surface area contributed by atoms with Gasteiger partial charge in [0.15, 0.2) is 0 Å². The summed E-state index contributed by atoms with van der Waals surface area (Å²) in [6, 6.07) is 12.5. The zero-order chi connectivity index (χ0) is 14.2. The average Bonchev–Trinajstić information content (AvgIpc) is 2.84. The summed E-state index contributed by atoms with van der Waals surface area (Å²) >= 11 is 1.75. The third-order valence-electron chi connectivity index (χ3n) is 3.89. The molecule has 0 saturated carbocycles. The van der Waals surface area contributed by atoms with Crippen LogP contribution in [0, 0.1) is 0 Å². The number of benzene rings is 1. The first-order valence-corrected chi connectivity index (χ1v) is 7.93. The van der Waals surface area contributed by atoms with Crippen molar-refractivity contribution < 1.29 is 0 Å². The van der Waals surface area contributed by atoms with Gasteiger partial charge in [-0.25, -0.2) is 9.97 Å². The van der Waals surface area contributed by atoms with E-state index >= 15 is 0 Å². The summed E-state index contributed by atoms with van der Waals surface area (Å²) in [7, 11) is 0. The quantitative estimate of drug-likeness (QED) is 0.739. The van der Waals surface area contributed by atoms with E-state index in [0.717, 1.165) is 29.1 Å². The Hall–Kier alpha value is -2.20. The molecule has 0 radical (unpaired) electrons. The number of nitrogen functional groups attached to an aromatic ring is 1. The Morgan fingerprint density at radius 1 is 1.00 bits per heavy atom. The van der Waals surface area contributed by atoms with E-state index in [1.54, 1.807) is 17.5 Å². The zero-order valence-corrected chi connectivity index (χ0v) is 12.4. The molecule has 0 fully saturated rings. The highest BCUT2D eigenvalue weighted by molar-refractivity contribution is 7.15. The Balaban J connectivity index is 1.90. The normalized spacial score (nSPS) is 13.3. The largest absolute Gasteiger partial charge is 0.383 e. The molecule has 1 aliphatic carbocycles. The van der Waals surface area contributed by atoms with Crippen LogP contribution in [0.1, 0.15) is 16.9 Å². The lowest BCUT2D eigenvalue weighted by atomic mass is 10.0. The van der Waals surface area contributed by atoms with Gasteiger partial charge in [0.2, 0.25) is 0 Å². The Morgan fingerprint density at radius 3 is 2.76 bits per heavy atom. The maximum atomic E-state index is 5.99. The number of aromatic nitrogens is 2.